The molecule has 2 heterocycles. The molecule has 0 fully saturated rings. The maximum Gasteiger partial charge on any atom is 0.247 e. The number of furan rings is 1. The smallest absolute Gasteiger partial charge is 0.247 e. The second kappa shape index (κ2) is 6.52. The third-order valence-corrected chi connectivity index (χ3v) is 6.36. The van der Waals surface area contributed by atoms with Crippen LogP contribution in [-0.4, -0.2) is 18.8 Å². The second-order valence-corrected chi connectivity index (χ2v) is 8.15. The minimum Gasteiger partial charge on any atom is -0.464 e. The topological polar surface area (TPSA) is 50.5 Å². The summed E-state index contributed by atoms with van der Waals surface area (Å²) in [4.78, 5) is 1.20. The lowest BCUT2D eigenvalue weighted by Gasteiger charge is -2.25. The first-order chi connectivity index (χ1) is 9.86. The Kier molecular flexibility index (Phi) is 5.14. The summed E-state index contributed by atoms with van der Waals surface area (Å²) < 4.78 is 32.6. The third kappa shape index (κ3) is 3.51. The standard InChI is InChI=1S/C14H18ClNO3S2/c1-10(2)16(9-13-5-4-6-20-13)21(17,18)14-7-12(8-15)19-11(14)3/h4-7,10H,8-9H2,1-3H3. The fraction of sp³-hybridized carbons (Fsp3) is 0.429. The van der Waals surface area contributed by atoms with E-state index in [2.05, 4.69) is 0 Å². The fourth-order valence-corrected chi connectivity index (χ4v) is 4.79. The molecular formula is C14H18ClNO3S2. The molecule has 0 N–H and O–H groups in total. The van der Waals surface area contributed by atoms with E-state index in [4.69, 9.17) is 16.0 Å². The Balaban J connectivity index is 2.39. The maximum absolute atomic E-state index is 12.9. The highest BCUT2D eigenvalue weighted by Gasteiger charge is 2.31. The van der Waals surface area contributed by atoms with E-state index in [9.17, 15) is 8.42 Å². The lowest BCUT2D eigenvalue weighted by molar-refractivity contribution is 0.349. The average Bonchev–Trinajstić information content (AvgIpc) is 3.04. The van der Waals surface area contributed by atoms with Crippen LogP contribution in [0.5, 0.6) is 0 Å². The van der Waals surface area contributed by atoms with Crippen LogP contribution >= 0.6 is 22.9 Å². The molecule has 2 rings (SSSR count). The van der Waals surface area contributed by atoms with Crippen LogP contribution in [0.15, 0.2) is 32.9 Å². The number of alkyl halides is 1. The molecule has 0 saturated heterocycles. The lowest BCUT2D eigenvalue weighted by Crippen LogP contribution is -2.36. The van der Waals surface area contributed by atoms with Gasteiger partial charge < -0.3 is 4.42 Å². The van der Waals surface area contributed by atoms with E-state index in [1.807, 2.05) is 31.4 Å². The monoisotopic (exact) mass is 347 g/mol. The molecule has 116 valence electrons. The Hall–Kier alpha value is -0.820. The summed E-state index contributed by atoms with van der Waals surface area (Å²) in [5.41, 5.74) is 0. The first-order valence-electron chi connectivity index (χ1n) is 6.55. The number of thiophene rings is 1. The van der Waals surface area contributed by atoms with E-state index in [1.54, 1.807) is 18.3 Å². The summed E-state index contributed by atoms with van der Waals surface area (Å²) in [6.45, 7) is 5.73. The van der Waals surface area contributed by atoms with E-state index >= 15 is 0 Å². The first-order valence-corrected chi connectivity index (χ1v) is 9.41. The van der Waals surface area contributed by atoms with Crippen LogP contribution in [0.1, 0.15) is 30.2 Å². The van der Waals surface area contributed by atoms with Crippen LogP contribution in [0.2, 0.25) is 0 Å². The number of rotatable bonds is 6. The molecule has 4 nitrogen and oxygen atoms in total. The highest BCUT2D eigenvalue weighted by atomic mass is 35.5. The van der Waals surface area contributed by atoms with E-state index in [0.717, 1.165) is 4.88 Å². The van der Waals surface area contributed by atoms with Crippen molar-refractivity contribution in [2.45, 2.75) is 44.1 Å². The Labute approximate surface area is 134 Å². The Morgan fingerprint density at radius 2 is 2.14 bits per heavy atom. The van der Waals surface area contributed by atoms with Crippen molar-refractivity contribution in [3.63, 3.8) is 0 Å². The molecule has 0 amide bonds. The van der Waals surface area contributed by atoms with Crippen molar-refractivity contribution in [3.8, 4) is 0 Å². The molecule has 0 saturated carbocycles. The van der Waals surface area contributed by atoms with Gasteiger partial charge in [0, 0.05) is 23.5 Å². The van der Waals surface area contributed by atoms with Crippen molar-refractivity contribution < 1.29 is 12.8 Å². The number of hydrogen-bond acceptors (Lipinski definition) is 4. The summed E-state index contributed by atoms with van der Waals surface area (Å²) in [7, 11) is -3.61. The van der Waals surface area contributed by atoms with E-state index in [1.165, 1.54) is 10.4 Å². The number of hydrogen-bond donors (Lipinski definition) is 0. The van der Waals surface area contributed by atoms with E-state index < -0.39 is 10.0 Å². The van der Waals surface area contributed by atoms with Crippen LogP contribution in [0.25, 0.3) is 0 Å². The summed E-state index contributed by atoms with van der Waals surface area (Å²) in [6.07, 6.45) is 0. The normalized spacial score (nSPS) is 12.5. The van der Waals surface area contributed by atoms with Crippen molar-refractivity contribution in [1.29, 1.82) is 0 Å². The number of halogens is 1. The van der Waals surface area contributed by atoms with Crippen LogP contribution < -0.4 is 0 Å². The van der Waals surface area contributed by atoms with Gasteiger partial charge in [-0.05, 0) is 32.2 Å². The van der Waals surface area contributed by atoms with Gasteiger partial charge in [0.05, 0.1) is 5.88 Å². The van der Waals surface area contributed by atoms with Crippen LogP contribution in [0, 0.1) is 6.92 Å². The zero-order chi connectivity index (χ0) is 15.6. The van der Waals surface area contributed by atoms with Gasteiger partial charge in [-0.15, -0.1) is 22.9 Å². The van der Waals surface area contributed by atoms with Gasteiger partial charge in [-0.25, -0.2) is 8.42 Å². The predicted molar refractivity (Wildman–Crippen MR) is 85.2 cm³/mol. The summed E-state index contributed by atoms with van der Waals surface area (Å²) in [5.74, 6) is 0.998. The minimum absolute atomic E-state index is 0.147. The lowest BCUT2D eigenvalue weighted by atomic mass is 10.4. The Morgan fingerprint density at radius 3 is 2.62 bits per heavy atom. The molecular weight excluding hydrogens is 330 g/mol. The predicted octanol–water partition coefficient (Wildman–Crippen LogP) is 3.99. The molecule has 0 aromatic carbocycles. The molecule has 0 unspecified atom stereocenters. The van der Waals surface area contributed by atoms with Gasteiger partial charge in [0.2, 0.25) is 10.0 Å². The second-order valence-electron chi connectivity index (χ2n) is 4.99. The summed E-state index contributed by atoms with van der Waals surface area (Å²) in [5, 5.41) is 1.94. The fourth-order valence-electron chi connectivity index (χ4n) is 2.07. The molecule has 0 aliphatic heterocycles. The van der Waals surface area contributed by atoms with Crippen LogP contribution in [0.3, 0.4) is 0 Å². The summed E-state index contributed by atoms with van der Waals surface area (Å²) >= 11 is 7.26. The maximum atomic E-state index is 12.9. The minimum atomic E-state index is -3.61. The molecule has 0 spiro atoms. The van der Waals surface area contributed by atoms with Crippen molar-refractivity contribution in [2.24, 2.45) is 0 Å². The van der Waals surface area contributed by atoms with E-state index in [-0.39, 0.29) is 16.8 Å². The molecule has 0 aliphatic rings. The quantitative estimate of drug-likeness (QED) is 0.742. The van der Waals surface area contributed by atoms with Gasteiger partial charge in [-0.3, -0.25) is 0 Å². The van der Waals surface area contributed by atoms with Gasteiger partial charge in [-0.1, -0.05) is 6.07 Å². The van der Waals surface area contributed by atoms with Crippen molar-refractivity contribution in [1.82, 2.24) is 4.31 Å². The van der Waals surface area contributed by atoms with Gasteiger partial charge in [0.1, 0.15) is 16.4 Å². The van der Waals surface area contributed by atoms with Gasteiger partial charge in [0.15, 0.2) is 0 Å². The molecule has 0 atom stereocenters. The SMILES string of the molecule is Cc1oc(CCl)cc1S(=O)(=O)N(Cc1cccs1)C(C)C. The highest BCUT2D eigenvalue weighted by Crippen LogP contribution is 2.27. The third-order valence-electron chi connectivity index (χ3n) is 3.11. The molecule has 0 aliphatic carbocycles. The van der Waals surface area contributed by atoms with Gasteiger partial charge >= 0.3 is 0 Å². The van der Waals surface area contributed by atoms with Gasteiger partial charge in [-0.2, -0.15) is 4.31 Å². The number of nitrogens with zero attached hydrogens (tertiary/aromatic N) is 1. The zero-order valence-corrected chi connectivity index (χ0v) is 14.6. The van der Waals surface area contributed by atoms with E-state index in [0.29, 0.717) is 18.1 Å². The highest BCUT2D eigenvalue weighted by molar-refractivity contribution is 7.89. The number of aryl methyl sites for hydroxylation is 1. The molecule has 7 heteroatoms. The molecule has 0 bridgehead atoms. The van der Waals surface area contributed by atoms with Crippen molar-refractivity contribution >= 4 is 33.0 Å². The largest absolute Gasteiger partial charge is 0.464 e. The summed E-state index contributed by atoms with van der Waals surface area (Å²) in [6, 6.07) is 5.22. The first kappa shape index (κ1) is 16.5. The van der Waals surface area contributed by atoms with Crippen molar-refractivity contribution in [2.75, 3.05) is 0 Å². The van der Waals surface area contributed by atoms with Crippen molar-refractivity contribution in [3.05, 3.63) is 40.0 Å². The molecule has 0 radical (unpaired) electrons. The Bertz CT molecular complexity index is 690. The zero-order valence-electron chi connectivity index (χ0n) is 12.2. The molecule has 2 aromatic heterocycles. The van der Waals surface area contributed by atoms with Crippen LogP contribution in [0.4, 0.5) is 0 Å². The van der Waals surface area contributed by atoms with Crippen LogP contribution in [-0.2, 0) is 22.4 Å². The Morgan fingerprint density at radius 1 is 1.43 bits per heavy atom. The average molecular weight is 348 g/mol. The number of sulfonamides is 1. The van der Waals surface area contributed by atoms with Gasteiger partial charge in [0.25, 0.3) is 0 Å². The molecule has 2 aromatic rings. The molecule has 21 heavy (non-hydrogen) atoms.